The van der Waals surface area contributed by atoms with Crippen molar-refractivity contribution in [2.45, 2.75) is 45.2 Å². The molecule has 2 N–H and O–H groups in total. The van der Waals surface area contributed by atoms with Crippen molar-refractivity contribution in [3.8, 4) is 11.1 Å². The maximum absolute atomic E-state index is 13.4. The number of thioether (sulfide) groups is 1. The number of nitrogens with zero attached hydrogens (tertiary/aromatic N) is 1. The minimum Gasteiger partial charge on any atom is -0.480 e. The van der Waals surface area contributed by atoms with Gasteiger partial charge in [-0.3, -0.25) is 4.79 Å². The van der Waals surface area contributed by atoms with Gasteiger partial charge >= 0.3 is 12.1 Å². The number of carbonyl (C=O) groups excluding carboxylic acids is 2. The molecule has 0 radical (unpaired) electrons. The largest absolute Gasteiger partial charge is 0.480 e. The Kier molecular flexibility index (Phi) is 7.40. The van der Waals surface area contributed by atoms with Gasteiger partial charge in [-0.1, -0.05) is 69.3 Å². The number of hydrogen-bond acceptors (Lipinski definition) is 5. The van der Waals surface area contributed by atoms with Crippen LogP contribution >= 0.6 is 11.8 Å². The number of hydrogen-bond donors (Lipinski definition) is 2. The third kappa shape index (κ3) is 5.64. The molecule has 0 bridgehead atoms. The molecule has 2 aromatic rings. The lowest BCUT2D eigenvalue weighted by Crippen LogP contribution is -2.57. The Hall–Kier alpha value is -3.00. The Labute approximate surface area is 210 Å². The third-order valence-electron chi connectivity index (χ3n) is 6.45. The van der Waals surface area contributed by atoms with Gasteiger partial charge in [-0.2, -0.15) is 11.8 Å². The minimum atomic E-state index is -1.03. The monoisotopic (exact) mass is 496 g/mol. The van der Waals surface area contributed by atoms with Gasteiger partial charge in [-0.05, 0) is 34.1 Å². The molecule has 2 atom stereocenters. The van der Waals surface area contributed by atoms with Crippen LogP contribution < -0.4 is 5.32 Å². The molecule has 35 heavy (non-hydrogen) atoms. The van der Waals surface area contributed by atoms with Crippen LogP contribution in [0.15, 0.2) is 48.5 Å². The van der Waals surface area contributed by atoms with E-state index in [0.717, 1.165) is 22.3 Å². The Morgan fingerprint density at radius 2 is 1.69 bits per heavy atom. The predicted octanol–water partition coefficient (Wildman–Crippen LogP) is 4.36. The van der Waals surface area contributed by atoms with Crippen molar-refractivity contribution < 1.29 is 24.2 Å². The molecule has 1 heterocycles. The Morgan fingerprint density at radius 3 is 2.26 bits per heavy atom. The van der Waals surface area contributed by atoms with Crippen LogP contribution in [-0.2, 0) is 14.3 Å². The first-order valence-electron chi connectivity index (χ1n) is 11.9. The van der Waals surface area contributed by atoms with Gasteiger partial charge < -0.3 is 20.1 Å². The number of ether oxygens (including phenoxy) is 1. The van der Waals surface area contributed by atoms with E-state index in [1.54, 1.807) is 0 Å². The Morgan fingerprint density at radius 1 is 1.09 bits per heavy atom. The molecular weight excluding hydrogens is 464 g/mol. The van der Waals surface area contributed by atoms with E-state index < -0.39 is 24.1 Å². The average Bonchev–Trinajstić information content (AvgIpc) is 3.14. The molecule has 1 aliphatic heterocycles. The summed E-state index contributed by atoms with van der Waals surface area (Å²) < 4.78 is 5.66. The minimum absolute atomic E-state index is 0.0829. The molecule has 2 aliphatic rings. The van der Waals surface area contributed by atoms with Crippen molar-refractivity contribution in [3.63, 3.8) is 0 Å². The second-order valence-electron chi connectivity index (χ2n) is 10.2. The second-order valence-corrected chi connectivity index (χ2v) is 11.4. The van der Waals surface area contributed by atoms with E-state index in [9.17, 15) is 19.5 Å². The normalized spacial score (nSPS) is 18.4. The molecule has 1 saturated heterocycles. The number of aliphatic carboxylic acids is 1. The first-order chi connectivity index (χ1) is 16.7. The fourth-order valence-corrected chi connectivity index (χ4v) is 5.91. The number of fused-ring (bicyclic) bond motifs is 3. The van der Waals surface area contributed by atoms with Gasteiger partial charge in [0.25, 0.3) is 0 Å². The van der Waals surface area contributed by atoms with Gasteiger partial charge in [0.05, 0.1) is 0 Å². The topological polar surface area (TPSA) is 95.9 Å². The quantitative estimate of drug-likeness (QED) is 0.617. The summed E-state index contributed by atoms with van der Waals surface area (Å²) in [5.41, 5.74) is 4.24. The molecule has 0 aromatic heterocycles. The first kappa shape index (κ1) is 25.1. The van der Waals surface area contributed by atoms with Crippen LogP contribution in [0.3, 0.4) is 0 Å². The molecule has 2 amide bonds. The van der Waals surface area contributed by atoms with E-state index in [1.165, 1.54) is 16.7 Å². The summed E-state index contributed by atoms with van der Waals surface area (Å²) in [5, 5.41) is 12.4. The highest BCUT2D eigenvalue weighted by molar-refractivity contribution is 7.99. The number of rotatable bonds is 6. The van der Waals surface area contributed by atoms with Crippen LogP contribution in [0.1, 0.15) is 44.2 Å². The Bertz CT molecular complexity index is 1070. The van der Waals surface area contributed by atoms with E-state index >= 15 is 0 Å². The van der Waals surface area contributed by atoms with E-state index in [-0.39, 0.29) is 23.8 Å². The Balaban J connectivity index is 1.47. The summed E-state index contributed by atoms with van der Waals surface area (Å²) in [6.07, 6.45) is -0.306. The fraction of sp³-hybridized carbons (Fsp3) is 0.444. The SMILES string of the molecule is CC(C)(C)CC(NC(=O)OCC1c2ccccc2-c2ccccc21)C(=O)N1CCSCC1C(=O)O. The van der Waals surface area contributed by atoms with Gasteiger partial charge in [0.1, 0.15) is 18.7 Å². The average molecular weight is 497 g/mol. The molecule has 0 saturated carbocycles. The number of carboxylic acid groups (broad SMARTS) is 1. The maximum Gasteiger partial charge on any atom is 0.407 e. The van der Waals surface area contributed by atoms with Crippen molar-refractivity contribution >= 4 is 29.7 Å². The van der Waals surface area contributed by atoms with Crippen LogP contribution in [-0.4, -0.2) is 64.7 Å². The molecule has 1 fully saturated rings. The second kappa shape index (κ2) is 10.3. The van der Waals surface area contributed by atoms with Crippen molar-refractivity contribution in [3.05, 3.63) is 59.7 Å². The lowest BCUT2D eigenvalue weighted by molar-refractivity contribution is -0.150. The highest BCUT2D eigenvalue weighted by atomic mass is 32.2. The lowest BCUT2D eigenvalue weighted by atomic mass is 9.87. The lowest BCUT2D eigenvalue weighted by Gasteiger charge is -2.36. The highest BCUT2D eigenvalue weighted by Gasteiger charge is 2.38. The third-order valence-corrected chi connectivity index (χ3v) is 7.47. The van der Waals surface area contributed by atoms with E-state index in [1.807, 2.05) is 57.2 Å². The van der Waals surface area contributed by atoms with Gasteiger partial charge in [0.2, 0.25) is 5.91 Å². The van der Waals surface area contributed by atoms with Crippen molar-refractivity contribution in [1.82, 2.24) is 10.2 Å². The van der Waals surface area contributed by atoms with Gasteiger partial charge in [0.15, 0.2) is 0 Å². The van der Waals surface area contributed by atoms with Crippen molar-refractivity contribution in [2.75, 3.05) is 24.7 Å². The number of nitrogens with one attached hydrogen (secondary N) is 1. The predicted molar refractivity (Wildman–Crippen MR) is 137 cm³/mol. The molecule has 1 aliphatic carbocycles. The maximum atomic E-state index is 13.4. The summed E-state index contributed by atoms with van der Waals surface area (Å²) in [7, 11) is 0. The fourth-order valence-electron chi connectivity index (χ4n) is 4.87. The zero-order valence-electron chi connectivity index (χ0n) is 20.3. The van der Waals surface area contributed by atoms with Crippen molar-refractivity contribution in [1.29, 1.82) is 0 Å². The van der Waals surface area contributed by atoms with Crippen LogP contribution in [0.4, 0.5) is 4.79 Å². The van der Waals surface area contributed by atoms with Crippen LogP contribution in [0.2, 0.25) is 0 Å². The summed E-state index contributed by atoms with van der Waals surface area (Å²) in [6.45, 7) is 6.43. The van der Waals surface area contributed by atoms with Gasteiger partial charge in [-0.15, -0.1) is 0 Å². The number of benzene rings is 2. The van der Waals surface area contributed by atoms with Crippen LogP contribution in [0, 0.1) is 5.41 Å². The molecule has 2 aromatic carbocycles. The number of alkyl carbamates (subject to hydrolysis) is 1. The summed E-state index contributed by atoms with van der Waals surface area (Å²) in [6, 6.07) is 14.4. The van der Waals surface area contributed by atoms with Gasteiger partial charge in [-0.25, -0.2) is 9.59 Å². The molecule has 186 valence electrons. The number of carboxylic acids is 1. The van der Waals surface area contributed by atoms with E-state index in [2.05, 4.69) is 17.4 Å². The van der Waals surface area contributed by atoms with E-state index in [0.29, 0.717) is 24.5 Å². The van der Waals surface area contributed by atoms with Crippen LogP contribution in [0.5, 0.6) is 0 Å². The smallest absolute Gasteiger partial charge is 0.407 e. The summed E-state index contributed by atoms with van der Waals surface area (Å²) >= 11 is 1.52. The summed E-state index contributed by atoms with van der Waals surface area (Å²) in [5.74, 6) is -0.473. The molecular formula is C27H32N2O5S. The molecule has 2 unspecified atom stereocenters. The zero-order chi connectivity index (χ0) is 25.2. The molecule has 8 heteroatoms. The first-order valence-corrected chi connectivity index (χ1v) is 13.0. The zero-order valence-corrected chi connectivity index (χ0v) is 21.1. The molecule has 0 spiro atoms. The van der Waals surface area contributed by atoms with E-state index in [4.69, 9.17) is 4.74 Å². The van der Waals surface area contributed by atoms with Crippen molar-refractivity contribution in [2.24, 2.45) is 5.41 Å². The van der Waals surface area contributed by atoms with Gasteiger partial charge in [0, 0.05) is 24.0 Å². The number of carbonyl (C=O) groups is 3. The highest BCUT2D eigenvalue weighted by Crippen LogP contribution is 2.44. The number of amides is 2. The standard InChI is InChI=1S/C27H32N2O5S/c1-27(2,3)14-22(24(30)29-12-13-35-16-23(29)25(31)32)28-26(33)34-15-21-19-10-6-4-8-17(19)18-9-5-7-11-20(18)21/h4-11,21-23H,12-16H2,1-3H3,(H,28,33)(H,31,32). The molecule has 4 rings (SSSR count). The van der Waals surface area contributed by atoms with Crippen LogP contribution in [0.25, 0.3) is 11.1 Å². The summed E-state index contributed by atoms with van der Waals surface area (Å²) in [4.78, 5) is 39.4. The molecule has 7 nitrogen and oxygen atoms in total.